The summed E-state index contributed by atoms with van der Waals surface area (Å²) in [7, 11) is 1.72. The predicted octanol–water partition coefficient (Wildman–Crippen LogP) is 1.69. The third-order valence-electron chi connectivity index (χ3n) is 2.68. The Balaban J connectivity index is 2.16. The van der Waals surface area contributed by atoms with Crippen LogP contribution in [0.1, 0.15) is 17.2 Å². The first-order valence-corrected chi connectivity index (χ1v) is 4.21. The van der Waals surface area contributed by atoms with E-state index in [4.69, 9.17) is 9.47 Å². The lowest BCUT2D eigenvalue weighted by Crippen LogP contribution is -1.94. The van der Waals surface area contributed by atoms with Crippen LogP contribution in [0.2, 0.25) is 0 Å². The topological polar surface area (TPSA) is 21.8 Å². The summed E-state index contributed by atoms with van der Waals surface area (Å²) < 4.78 is 10.7. The van der Waals surface area contributed by atoms with E-state index < -0.39 is 0 Å². The van der Waals surface area contributed by atoms with Gasteiger partial charge in [-0.2, -0.15) is 0 Å². The first-order chi connectivity index (χ1) is 5.90. The molecule has 2 heteroatoms. The molecule has 1 aliphatic heterocycles. The minimum absolute atomic E-state index is 0.384. The van der Waals surface area contributed by atoms with E-state index in [9.17, 15) is 0 Å². The third kappa shape index (κ3) is 0.681. The van der Waals surface area contributed by atoms with Gasteiger partial charge in [-0.05, 0) is 11.6 Å². The summed E-state index contributed by atoms with van der Waals surface area (Å²) in [6.07, 6.45) is 1.87. The highest BCUT2D eigenvalue weighted by atomic mass is 16.6. The Morgan fingerprint density at radius 1 is 1.50 bits per heavy atom. The van der Waals surface area contributed by atoms with Crippen molar-refractivity contribution in [2.45, 2.75) is 18.6 Å². The van der Waals surface area contributed by atoms with Gasteiger partial charge in [-0.3, -0.25) is 0 Å². The molecule has 1 aromatic carbocycles. The smallest absolute Gasteiger partial charge is 0.122 e. The molecule has 1 aliphatic carbocycles. The number of rotatable bonds is 1. The normalized spacial score (nSPS) is 29.4. The Morgan fingerprint density at radius 3 is 3.25 bits per heavy atom. The van der Waals surface area contributed by atoms with Gasteiger partial charge in [0.25, 0.3) is 0 Å². The zero-order chi connectivity index (χ0) is 8.13. The van der Waals surface area contributed by atoms with Crippen LogP contribution in [-0.4, -0.2) is 13.2 Å². The molecule has 1 aromatic rings. The first kappa shape index (κ1) is 6.49. The fourth-order valence-electron chi connectivity index (χ4n) is 2.03. The Kier molecular flexibility index (Phi) is 1.09. The Hall–Kier alpha value is -1.02. The average Bonchev–Trinajstić information content (AvgIpc) is 2.78. The summed E-state index contributed by atoms with van der Waals surface area (Å²) in [5, 5.41) is 0. The number of hydrogen-bond acceptors (Lipinski definition) is 2. The van der Waals surface area contributed by atoms with Gasteiger partial charge in [-0.25, -0.2) is 0 Å². The number of benzene rings is 1. The van der Waals surface area contributed by atoms with Gasteiger partial charge in [0.05, 0.1) is 13.2 Å². The molecular weight excluding hydrogens is 152 g/mol. The molecule has 62 valence electrons. The van der Waals surface area contributed by atoms with E-state index in [1.54, 1.807) is 7.11 Å². The van der Waals surface area contributed by atoms with E-state index in [0.29, 0.717) is 12.2 Å². The van der Waals surface area contributed by atoms with Crippen molar-refractivity contribution in [3.8, 4) is 5.75 Å². The van der Waals surface area contributed by atoms with E-state index in [1.807, 2.05) is 12.1 Å². The maximum atomic E-state index is 5.42. The minimum Gasteiger partial charge on any atom is -0.496 e. The van der Waals surface area contributed by atoms with Gasteiger partial charge >= 0.3 is 0 Å². The van der Waals surface area contributed by atoms with Gasteiger partial charge in [0, 0.05) is 12.0 Å². The van der Waals surface area contributed by atoms with Gasteiger partial charge in [-0.1, -0.05) is 12.1 Å². The van der Waals surface area contributed by atoms with E-state index in [2.05, 4.69) is 6.07 Å². The molecule has 1 saturated heterocycles. The summed E-state index contributed by atoms with van der Waals surface area (Å²) in [6, 6.07) is 6.18. The first-order valence-electron chi connectivity index (χ1n) is 4.21. The lowest BCUT2D eigenvalue weighted by molar-refractivity contribution is 0.352. The van der Waals surface area contributed by atoms with Gasteiger partial charge in [0.1, 0.15) is 11.9 Å². The molecule has 2 nitrogen and oxygen atoms in total. The van der Waals surface area contributed by atoms with Crippen molar-refractivity contribution in [2.24, 2.45) is 0 Å². The number of methoxy groups -OCH3 is 1. The zero-order valence-corrected chi connectivity index (χ0v) is 6.91. The van der Waals surface area contributed by atoms with Gasteiger partial charge in [-0.15, -0.1) is 0 Å². The zero-order valence-electron chi connectivity index (χ0n) is 6.91. The van der Waals surface area contributed by atoms with E-state index in [0.717, 1.165) is 12.2 Å². The SMILES string of the molecule is COc1cccc2c1C[C@@H]1O[C@@H]21. The van der Waals surface area contributed by atoms with E-state index in [-0.39, 0.29) is 0 Å². The molecule has 1 heterocycles. The summed E-state index contributed by atoms with van der Waals surface area (Å²) in [5.74, 6) is 1.02. The van der Waals surface area contributed by atoms with Crippen LogP contribution >= 0.6 is 0 Å². The highest BCUT2D eigenvalue weighted by Gasteiger charge is 2.48. The van der Waals surface area contributed by atoms with Crippen molar-refractivity contribution < 1.29 is 9.47 Å². The molecule has 0 saturated carbocycles. The van der Waals surface area contributed by atoms with Crippen LogP contribution in [0.3, 0.4) is 0 Å². The van der Waals surface area contributed by atoms with Crippen molar-refractivity contribution in [3.63, 3.8) is 0 Å². The minimum atomic E-state index is 0.384. The summed E-state index contributed by atoms with van der Waals surface area (Å²) in [4.78, 5) is 0. The average molecular weight is 162 g/mol. The van der Waals surface area contributed by atoms with E-state index in [1.165, 1.54) is 11.1 Å². The number of fused-ring (bicyclic) bond motifs is 3. The van der Waals surface area contributed by atoms with Crippen molar-refractivity contribution in [1.82, 2.24) is 0 Å². The molecule has 0 unspecified atom stereocenters. The predicted molar refractivity (Wildman–Crippen MR) is 44.3 cm³/mol. The Labute approximate surface area is 71.1 Å². The molecule has 0 bridgehead atoms. The number of hydrogen-bond donors (Lipinski definition) is 0. The summed E-state index contributed by atoms with van der Waals surface area (Å²) in [6.45, 7) is 0. The summed E-state index contributed by atoms with van der Waals surface area (Å²) >= 11 is 0. The largest absolute Gasteiger partial charge is 0.496 e. The summed E-state index contributed by atoms with van der Waals surface area (Å²) in [5.41, 5.74) is 2.68. The molecule has 0 spiro atoms. The standard InChI is InChI=1S/C10H10O2/c1-11-8-4-2-3-6-7(8)5-9-10(6)12-9/h2-4,9-10H,5H2,1H3/t9-,10-/m0/s1. The molecule has 0 radical (unpaired) electrons. The van der Waals surface area contributed by atoms with Crippen molar-refractivity contribution in [1.29, 1.82) is 0 Å². The lowest BCUT2D eigenvalue weighted by Gasteiger charge is -2.07. The molecule has 2 atom stereocenters. The van der Waals surface area contributed by atoms with Crippen LogP contribution in [0.15, 0.2) is 18.2 Å². The molecular formula is C10H10O2. The van der Waals surface area contributed by atoms with Crippen LogP contribution in [0, 0.1) is 0 Å². The van der Waals surface area contributed by atoms with Crippen molar-refractivity contribution in [3.05, 3.63) is 29.3 Å². The second-order valence-electron chi connectivity index (χ2n) is 3.33. The third-order valence-corrected chi connectivity index (χ3v) is 2.68. The van der Waals surface area contributed by atoms with Gasteiger partial charge in [0.15, 0.2) is 0 Å². The van der Waals surface area contributed by atoms with Crippen molar-refractivity contribution in [2.75, 3.05) is 7.11 Å². The quantitative estimate of drug-likeness (QED) is 0.586. The number of ether oxygens (including phenoxy) is 2. The molecule has 3 rings (SSSR count). The van der Waals surface area contributed by atoms with Gasteiger partial charge in [0.2, 0.25) is 0 Å². The Bertz CT molecular complexity index is 333. The van der Waals surface area contributed by atoms with Crippen LogP contribution in [0.25, 0.3) is 0 Å². The number of epoxide rings is 1. The van der Waals surface area contributed by atoms with Crippen LogP contribution in [0.5, 0.6) is 5.75 Å². The highest BCUT2D eigenvalue weighted by Crippen LogP contribution is 2.50. The van der Waals surface area contributed by atoms with E-state index >= 15 is 0 Å². The van der Waals surface area contributed by atoms with Crippen LogP contribution < -0.4 is 4.74 Å². The molecule has 0 N–H and O–H groups in total. The second kappa shape index (κ2) is 2.02. The highest BCUT2D eigenvalue weighted by molar-refractivity contribution is 5.48. The fraction of sp³-hybridized carbons (Fsp3) is 0.400. The maximum Gasteiger partial charge on any atom is 0.122 e. The lowest BCUT2D eigenvalue weighted by atomic mass is 10.1. The van der Waals surface area contributed by atoms with Crippen LogP contribution in [0.4, 0.5) is 0 Å². The molecule has 2 aliphatic rings. The second-order valence-corrected chi connectivity index (χ2v) is 3.33. The van der Waals surface area contributed by atoms with Crippen molar-refractivity contribution >= 4 is 0 Å². The van der Waals surface area contributed by atoms with Gasteiger partial charge < -0.3 is 9.47 Å². The maximum absolute atomic E-state index is 5.42. The monoisotopic (exact) mass is 162 g/mol. The fourth-order valence-corrected chi connectivity index (χ4v) is 2.03. The van der Waals surface area contributed by atoms with Crippen LogP contribution in [-0.2, 0) is 11.2 Å². The Morgan fingerprint density at radius 2 is 2.42 bits per heavy atom. The molecule has 1 fully saturated rings. The molecule has 12 heavy (non-hydrogen) atoms. The molecule has 0 aromatic heterocycles. The molecule has 0 amide bonds.